The van der Waals surface area contributed by atoms with Gasteiger partial charge in [0.25, 0.3) is 0 Å². The number of carbonyl (C=O) groups excluding carboxylic acids is 2. The van der Waals surface area contributed by atoms with E-state index in [-0.39, 0.29) is 12.1 Å². The number of esters is 2. The number of nitrogens with zero attached hydrogens (tertiary/aromatic N) is 1. The summed E-state index contributed by atoms with van der Waals surface area (Å²) in [4.78, 5) is 26.9. The molecule has 0 amide bonds. The van der Waals surface area contributed by atoms with E-state index in [2.05, 4.69) is 11.3 Å². The molecular weight excluding hydrogens is 186 g/mol. The van der Waals surface area contributed by atoms with Gasteiger partial charge >= 0.3 is 11.9 Å². The van der Waals surface area contributed by atoms with E-state index in [9.17, 15) is 9.59 Å². The first-order valence-electron chi connectivity index (χ1n) is 4.22. The molecule has 5 heteroatoms. The fraction of sp³-hybridized carbons (Fsp3) is 0.556. The van der Waals surface area contributed by atoms with Gasteiger partial charge in [-0.25, -0.2) is 4.79 Å². The Morgan fingerprint density at radius 1 is 1.43 bits per heavy atom. The van der Waals surface area contributed by atoms with Gasteiger partial charge in [0.1, 0.15) is 6.54 Å². The molecular formula is C9H15NO4. The van der Waals surface area contributed by atoms with E-state index in [1.807, 2.05) is 0 Å². The van der Waals surface area contributed by atoms with Crippen LogP contribution >= 0.6 is 0 Å². The molecule has 0 saturated carbocycles. The summed E-state index contributed by atoms with van der Waals surface area (Å²) in [5, 5.41) is 1.30. The van der Waals surface area contributed by atoms with Crippen LogP contribution in [0, 0.1) is 0 Å². The van der Waals surface area contributed by atoms with Gasteiger partial charge in [0, 0.05) is 12.6 Å². The molecule has 0 atom stereocenters. The topological polar surface area (TPSA) is 55.8 Å². The lowest BCUT2D eigenvalue weighted by molar-refractivity contribution is -0.173. The maximum absolute atomic E-state index is 11.0. The fourth-order valence-electron chi connectivity index (χ4n) is 0.671. The Balaban J connectivity index is 3.86. The Kier molecular flexibility index (Phi) is 5.74. The summed E-state index contributed by atoms with van der Waals surface area (Å²) < 4.78 is 4.43. The lowest BCUT2D eigenvalue weighted by Gasteiger charge is -2.13. The molecule has 0 aromatic rings. The van der Waals surface area contributed by atoms with Gasteiger partial charge in [0.2, 0.25) is 0 Å². The second-order valence-electron chi connectivity index (χ2n) is 2.75. The fourth-order valence-corrected chi connectivity index (χ4v) is 0.671. The summed E-state index contributed by atoms with van der Waals surface area (Å²) in [6.07, 6.45) is 0. The zero-order valence-corrected chi connectivity index (χ0v) is 8.70. The molecule has 0 rings (SSSR count). The van der Waals surface area contributed by atoms with Gasteiger partial charge < -0.3 is 4.74 Å². The maximum Gasteiger partial charge on any atom is 0.340 e. The first-order valence-corrected chi connectivity index (χ1v) is 4.22. The van der Waals surface area contributed by atoms with Gasteiger partial charge in [0.05, 0.1) is 6.61 Å². The summed E-state index contributed by atoms with van der Waals surface area (Å²) in [7, 11) is 1.58. The highest BCUT2D eigenvalue weighted by atomic mass is 16.7. The summed E-state index contributed by atoms with van der Waals surface area (Å²) in [5.41, 5.74) is 0.192. The minimum absolute atomic E-state index is 0.0904. The summed E-state index contributed by atoms with van der Waals surface area (Å²) in [5.74, 6) is -1.37. The second kappa shape index (κ2) is 6.28. The quantitative estimate of drug-likeness (QED) is 0.281. The van der Waals surface area contributed by atoms with E-state index in [1.165, 1.54) is 12.0 Å². The van der Waals surface area contributed by atoms with Crippen LogP contribution in [0.2, 0.25) is 0 Å². The minimum atomic E-state index is -0.708. The number of rotatable bonds is 5. The van der Waals surface area contributed by atoms with Gasteiger partial charge in [-0.1, -0.05) is 6.58 Å². The Morgan fingerprint density at radius 2 is 2.00 bits per heavy atom. The van der Waals surface area contributed by atoms with Gasteiger partial charge in [-0.3, -0.25) is 9.63 Å². The highest BCUT2D eigenvalue weighted by Crippen LogP contribution is 1.94. The largest absolute Gasteiger partial charge is 0.389 e. The van der Waals surface area contributed by atoms with Crippen molar-refractivity contribution in [3.05, 3.63) is 12.2 Å². The molecule has 0 radical (unpaired) electrons. The first kappa shape index (κ1) is 12.8. The predicted molar refractivity (Wildman–Crippen MR) is 50.2 cm³/mol. The van der Waals surface area contributed by atoms with Crippen LogP contribution in [-0.2, 0) is 19.2 Å². The number of carbonyl (C=O) groups is 2. The number of ether oxygens (including phenoxy) is 1. The third kappa shape index (κ3) is 5.45. The molecule has 5 nitrogen and oxygen atoms in total. The van der Waals surface area contributed by atoms with Crippen molar-refractivity contribution in [1.82, 2.24) is 5.06 Å². The molecule has 80 valence electrons. The van der Waals surface area contributed by atoms with Crippen molar-refractivity contribution in [2.75, 3.05) is 20.2 Å². The molecule has 14 heavy (non-hydrogen) atoms. The molecule has 0 saturated heterocycles. The monoisotopic (exact) mass is 201 g/mol. The average molecular weight is 201 g/mol. The summed E-state index contributed by atoms with van der Waals surface area (Å²) in [6.45, 7) is 6.98. The number of likely N-dealkylation sites (N-methyl/N-ethyl adjacent to an activating group) is 1. The van der Waals surface area contributed by atoms with Crippen LogP contribution in [0.25, 0.3) is 0 Å². The molecule has 0 N–H and O–H groups in total. The van der Waals surface area contributed by atoms with Crippen LogP contribution in [0.4, 0.5) is 0 Å². The average Bonchev–Trinajstić information content (AvgIpc) is 2.03. The van der Waals surface area contributed by atoms with Gasteiger partial charge in [-0.15, -0.1) is 0 Å². The normalized spacial score (nSPS) is 10.0. The van der Waals surface area contributed by atoms with Crippen molar-refractivity contribution in [3.63, 3.8) is 0 Å². The smallest absolute Gasteiger partial charge is 0.340 e. The van der Waals surface area contributed by atoms with E-state index >= 15 is 0 Å². The maximum atomic E-state index is 11.0. The molecule has 0 aromatic carbocycles. The lowest BCUT2D eigenvalue weighted by atomic mass is 10.4. The Hall–Kier alpha value is -1.20. The van der Waals surface area contributed by atoms with Gasteiger partial charge in [0.15, 0.2) is 0 Å². The SMILES string of the molecule is C=C(C)C(=O)OC(=O)CN(C)OCC. The van der Waals surface area contributed by atoms with E-state index in [1.54, 1.807) is 14.0 Å². The predicted octanol–water partition coefficient (Wildman–Crippen LogP) is 0.516. The standard InChI is InChI=1S/C9H15NO4/c1-5-13-10(4)6-8(11)14-9(12)7(2)3/h2,5-6H2,1,3-4H3. The molecule has 0 bridgehead atoms. The van der Waals surface area contributed by atoms with Crippen molar-refractivity contribution in [2.45, 2.75) is 13.8 Å². The number of hydrogen-bond donors (Lipinski definition) is 0. The highest BCUT2D eigenvalue weighted by molar-refractivity contribution is 5.95. The Bertz CT molecular complexity index is 237. The van der Waals surface area contributed by atoms with Crippen LogP contribution < -0.4 is 0 Å². The van der Waals surface area contributed by atoms with Crippen molar-refractivity contribution in [3.8, 4) is 0 Å². The molecule has 0 spiro atoms. The van der Waals surface area contributed by atoms with Crippen molar-refractivity contribution < 1.29 is 19.2 Å². The van der Waals surface area contributed by atoms with E-state index < -0.39 is 11.9 Å². The lowest BCUT2D eigenvalue weighted by Crippen LogP contribution is -2.29. The third-order valence-electron chi connectivity index (χ3n) is 1.26. The zero-order valence-electron chi connectivity index (χ0n) is 8.70. The van der Waals surface area contributed by atoms with Crippen LogP contribution in [0.5, 0.6) is 0 Å². The van der Waals surface area contributed by atoms with Gasteiger partial charge in [-0.05, 0) is 13.8 Å². The first-order chi connectivity index (χ1) is 6.47. The molecule has 0 aliphatic carbocycles. The summed E-state index contributed by atoms with van der Waals surface area (Å²) >= 11 is 0. The van der Waals surface area contributed by atoms with E-state index in [4.69, 9.17) is 4.84 Å². The molecule has 0 heterocycles. The molecule has 0 aromatic heterocycles. The summed E-state index contributed by atoms with van der Waals surface area (Å²) in [6, 6.07) is 0. The van der Waals surface area contributed by atoms with Crippen molar-refractivity contribution >= 4 is 11.9 Å². The number of hydrogen-bond acceptors (Lipinski definition) is 5. The Labute approximate surface area is 83.2 Å². The van der Waals surface area contributed by atoms with Crippen LogP contribution in [0.1, 0.15) is 13.8 Å². The Morgan fingerprint density at radius 3 is 2.43 bits per heavy atom. The highest BCUT2D eigenvalue weighted by Gasteiger charge is 2.13. The second-order valence-corrected chi connectivity index (χ2v) is 2.75. The number of hydroxylamine groups is 2. The molecule has 0 unspecified atom stereocenters. The van der Waals surface area contributed by atoms with Gasteiger partial charge in [-0.2, -0.15) is 5.06 Å². The van der Waals surface area contributed by atoms with Crippen LogP contribution in [-0.4, -0.2) is 37.2 Å². The van der Waals surface area contributed by atoms with E-state index in [0.717, 1.165) is 0 Å². The molecule has 0 aliphatic heterocycles. The van der Waals surface area contributed by atoms with Crippen molar-refractivity contribution in [2.24, 2.45) is 0 Å². The zero-order chi connectivity index (χ0) is 11.1. The third-order valence-corrected chi connectivity index (χ3v) is 1.26. The molecule has 0 aliphatic rings. The minimum Gasteiger partial charge on any atom is -0.389 e. The van der Waals surface area contributed by atoms with Crippen molar-refractivity contribution in [1.29, 1.82) is 0 Å². The van der Waals surface area contributed by atoms with E-state index in [0.29, 0.717) is 6.61 Å². The van der Waals surface area contributed by atoms with Crippen LogP contribution in [0.3, 0.4) is 0 Å². The molecule has 0 fully saturated rings. The van der Waals surface area contributed by atoms with Crippen LogP contribution in [0.15, 0.2) is 12.2 Å².